The average Bonchev–Trinajstić information content (AvgIpc) is 2.41. The Hall–Kier alpha value is -0.200. The van der Waals surface area contributed by atoms with Gasteiger partial charge in [0.2, 0.25) is 0 Å². The number of piperidine rings is 1. The number of hydrogen-bond acceptors (Lipinski definition) is 5. The number of rotatable bonds is 1. The fourth-order valence-corrected chi connectivity index (χ4v) is 2.61. The molecule has 0 spiro atoms. The molecule has 5 heteroatoms. The summed E-state index contributed by atoms with van der Waals surface area (Å²) < 4.78 is 0. The Morgan fingerprint density at radius 1 is 1.14 bits per heavy atom. The van der Waals surface area contributed by atoms with Gasteiger partial charge in [-0.25, -0.2) is 0 Å². The minimum Gasteiger partial charge on any atom is -0.395 e. The molecule has 0 aromatic heterocycles. The SMILES string of the molecule is OC[C@@H]1[C@H](O)[C@@H](O)[C@@H]2C[C@H](O)CCN12. The van der Waals surface area contributed by atoms with Crippen molar-refractivity contribution in [2.24, 2.45) is 0 Å². The first-order chi connectivity index (χ1) is 6.65. The van der Waals surface area contributed by atoms with Crippen molar-refractivity contribution < 1.29 is 20.4 Å². The monoisotopic (exact) mass is 203 g/mol. The van der Waals surface area contributed by atoms with E-state index in [-0.39, 0.29) is 18.7 Å². The summed E-state index contributed by atoms with van der Waals surface area (Å²) in [6.45, 7) is 0.482. The lowest BCUT2D eigenvalue weighted by molar-refractivity contribution is 0.00361. The zero-order chi connectivity index (χ0) is 10.3. The molecule has 2 rings (SSSR count). The van der Waals surface area contributed by atoms with E-state index in [1.165, 1.54) is 0 Å². The first kappa shape index (κ1) is 10.3. The van der Waals surface area contributed by atoms with E-state index in [0.29, 0.717) is 19.4 Å². The van der Waals surface area contributed by atoms with Crippen LogP contribution in [0.2, 0.25) is 0 Å². The topological polar surface area (TPSA) is 84.2 Å². The standard InChI is InChI=1S/C9H17NO4/c11-4-7-9(14)8(13)6-3-5(12)1-2-10(6)7/h5-9,11-14H,1-4H2/t5-,6+,7-,8+,9+/m1/s1. The molecule has 0 amide bonds. The van der Waals surface area contributed by atoms with Crippen molar-refractivity contribution in [3.05, 3.63) is 0 Å². The van der Waals surface area contributed by atoms with Gasteiger partial charge in [-0.15, -0.1) is 0 Å². The summed E-state index contributed by atoms with van der Waals surface area (Å²) in [4.78, 5) is 1.90. The fraction of sp³-hybridized carbons (Fsp3) is 1.00. The van der Waals surface area contributed by atoms with Crippen LogP contribution in [0.4, 0.5) is 0 Å². The van der Waals surface area contributed by atoms with E-state index in [1.807, 2.05) is 4.90 Å². The highest BCUT2D eigenvalue weighted by molar-refractivity contribution is 5.03. The molecular weight excluding hydrogens is 186 g/mol. The molecule has 4 N–H and O–H groups in total. The molecule has 2 aliphatic heterocycles. The van der Waals surface area contributed by atoms with Crippen LogP contribution >= 0.6 is 0 Å². The van der Waals surface area contributed by atoms with Gasteiger partial charge in [-0.2, -0.15) is 0 Å². The van der Waals surface area contributed by atoms with Gasteiger partial charge in [0.15, 0.2) is 0 Å². The van der Waals surface area contributed by atoms with Crippen LogP contribution in [0.3, 0.4) is 0 Å². The van der Waals surface area contributed by atoms with E-state index >= 15 is 0 Å². The minimum atomic E-state index is -0.893. The van der Waals surface area contributed by atoms with E-state index in [9.17, 15) is 15.3 Å². The molecule has 2 saturated heterocycles. The quantitative estimate of drug-likeness (QED) is 0.393. The van der Waals surface area contributed by atoms with Crippen molar-refractivity contribution in [2.75, 3.05) is 13.2 Å². The van der Waals surface area contributed by atoms with Gasteiger partial charge >= 0.3 is 0 Å². The first-order valence-electron chi connectivity index (χ1n) is 5.06. The molecule has 0 aromatic carbocycles. The summed E-state index contributed by atoms with van der Waals surface area (Å²) in [6.07, 6.45) is -1.01. The van der Waals surface area contributed by atoms with E-state index in [1.54, 1.807) is 0 Å². The molecule has 14 heavy (non-hydrogen) atoms. The van der Waals surface area contributed by atoms with Crippen molar-refractivity contribution in [1.82, 2.24) is 4.90 Å². The van der Waals surface area contributed by atoms with Crippen LogP contribution in [0, 0.1) is 0 Å². The summed E-state index contributed by atoms with van der Waals surface area (Å²) in [5, 5.41) is 37.9. The third-order valence-electron chi connectivity index (χ3n) is 3.41. The Labute approximate surface area is 82.6 Å². The van der Waals surface area contributed by atoms with Crippen LogP contribution in [-0.2, 0) is 0 Å². The summed E-state index contributed by atoms with van der Waals surface area (Å²) >= 11 is 0. The maximum atomic E-state index is 9.70. The van der Waals surface area contributed by atoms with E-state index in [0.717, 1.165) is 0 Å². The molecule has 0 aliphatic carbocycles. The van der Waals surface area contributed by atoms with Gasteiger partial charge in [0.1, 0.15) is 0 Å². The van der Waals surface area contributed by atoms with Crippen molar-refractivity contribution in [3.8, 4) is 0 Å². The second-order valence-electron chi connectivity index (χ2n) is 4.21. The molecule has 5 atom stereocenters. The third kappa shape index (κ3) is 1.45. The van der Waals surface area contributed by atoms with Crippen LogP contribution in [0.25, 0.3) is 0 Å². The van der Waals surface area contributed by atoms with Gasteiger partial charge in [0.05, 0.1) is 31.0 Å². The van der Waals surface area contributed by atoms with Crippen LogP contribution in [-0.4, -0.2) is 68.9 Å². The zero-order valence-corrected chi connectivity index (χ0v) is 7.95. The number of aliphatic hydroxyl groups excluding tert-OH is 4. The summed E-state index contributed by atoms with van der Waals surface area (Å²) in [6, 6.07) is -0.576. The lowest BCUT2D eigenvalue weighted by atomic mass is 9.98. The predicted octanol–water partition coefficient (Wildman–Crippen LogP) is -2.09. The zero-order valence-electron chi connectivity index (χ0n) is 7.95. The van der Waals surface area contributed by atoms with Gasteiger partial charge in [-0.1, -0.05) is 0 Å². The lowest BCUT2D eigenvalue weighted by Crippen LogP contribution is -2.47. The summed E-state index contributed by atoms with van der Waals surface area (Å²) in [5.74, 6) is 0. The van der Waals surface area contributed by atoms with Crippen LogP contribution in [0.5, 0.6) is 0 Å². The maximum absolute atomic E-state index is 9.70. The first-order valence-corrected chi connectivity index (χ1v) is 5.06. The van der Waals surface area contributed by atoms with Crippen molar-refractivity contribution in [3.63, 3.8) is 0 Å². The second-order valence-corrected chi connectivity index (χ2v) is 4.21. The van der Waals surface area contributed by atoms with Gasteiger partial charge in [0, 0.05) is 12.6 Å². The van der Waals surface area contributed by atoms with Gasteiger partial charge in [-0.05, 0) is 12.8 Å². The second kappa shape index (κ2) is 3.75. The van der Waals surface area contributed by atoms with Crippen LogP contribution < -0.4 is 0 Å². The normalized spacial score (nSPS) is 49.3. The minimum absolute atomic E-state index is 0.148. The molecule has 2 heterocycles. The molecule has 0 unspecified atom stereocenters. The lowest BCUT2D eigenvalue weighted by Gasteiger charge is -2.35. The molecule has 0 aromatic rings. The van der Waals surface area contributed by atoms with E-state index < -0.39 is 18.3 Å². The van der Waals surface area contributed by atoms with Crippen LogP contribution in [0.1, 0.15) is 12.8 Å². The highest BCUT2D eigenvalue weighted by atomic mass is 16.3. The van der Waals surface area contributed by atoms with Crippen molar-refractivity contribution in [2.45, 2.75) is 43.2 Å². The number of nitrogens with zero attached hydrogens (tertiary/aromatic N) is 1. The fourth-order valence-electron chi connectivity index (χ4n) is 2.61. The third-order valence-corrected chi connectivity index (χ3v) is 3.41. The number of fused-ring (bicyclic) bond motifs is 1. The number of hydrogen-bond donors (Lipinski definition) is 4. The maximum Gasteiger partial charge on any atom is 0.0991 e. The summed E-state index contributed by atoms with van der Waals surface area (Å²) in [5.41, 5.74) is 0. The highest BCUT2D eigenvalue weighted by Gasteiger charge is 2.49. The van der Waals surface area contributed by atoms with Crippen molar-refractivity contribution >= 4 is 0 Å². The largest absolute Gasteiger partial charge is 0.395 e. The Bertz CT molecular complexity index is 213. The highest BCUT2D eigenvalue weighted by Crippen LogP contribution is 2.32. The van der Waals surface area contributed by atoms with Crippen molar-refractivity contribution in [1.29, 1.82) is 0 Å². The molecule has 2 aliphatic rings. The van der Waals surface area contributed by atoms with Gasteiger partial charge in [0.25, 0.3) is 0 Å². The van der Waals surface area contributed by atoms with Gasteiger partial charge < -0.3 is 20.4 Å². The molecule has 2 fully saturated rings. The van der Waals surface area contributed by atoms with E-state index in [4.69, 9.17) is 5.11 Å². The van der Waals surface area contributed by atoms with Gasteiger partial charge in [-0.3, -0.25) is 4.90 Å². The summed E-state index contributed by atoms with van der Waals surface area (Å²) in [7, 11) is 0. The molecule has 5 nitrogen and oxygen atoms in total. The molecule has 0 radical (unpaired) electrons. The Morgan fingerprint density at radius 2 is 1.86 bits per heavy atom. The molecular formula is C9H17NO4. The molecule has 0 saturated carbocycles. The Morgan fingerprint density at radius 3 is 2.50 bits per heavy atom. The predicted molar refractivity (Wildman–Crippen MR) is 48.6 cm³/mol. The molecule has 82 valence electrons. The Balaban J connectivity index is 2.13. The smallest absolute Gasteiger partial charge is 0.0991 e. The molecule has 0 bridgehead atoms. The Kier molecular flexibility index (Phi) is 2.77. The van der Waals surface area contributed by atoms with E-state index in [2.05, 4.69) is 0 Å². The number of aliphatic hydroxyl groups is 4. The average molecular weight is 203 g/mol. The van der Waals surface area contributed by atoms with Crippen LogP contribution in [0.15, 0.2) is 0 Å².